The Bertz CT molecular complexity index is 1050. The van der Waals surface area contributed by atoms with E-state index in [1.807, 2.05) is 0 Å². The molecule has 0 amide bonds. The second-order valence-electron chi connectivity index (χ2n) is 5.12. The first-order valence-electron chi connectivity index (χ1n) is 7.04. The molecule has 2 aromatic heterocycles. The summed E-state index contributed by atoms with van der Waals surface area (Å²) in [5.74, 6) is -1.39. The molecule has 0 bridgehead atoms. The molecule has 8 heteroatoms. The lowest BCUT2D eigenvalue weighted by atomic mass is 10.1. The van der Waals surface area contributed by atoms with Crippen molar-refractivity contribution in [2.24, 2.45) is 0 Å². The molecule has 0 fully saturated rings. The van der Waals surface area contributed by atoms with Crippen molar-refractivity contribution >= 4 is 29.0 Å². The Hall–Kier alpha value is -2.93. The highest BCUT2D eigenvalue weighted by molar-refractivity contribution is 6.30. The molecule has 0 atom stereocenters. The van der Waals surface area contributed by atoms with Crippen LogP contribution in [0.2, 0.25) is 5.02 Å². The number of aliphatic hydroxyl groups excluding tert-OH is 1. The minimum absolute atomic E-state index is 0.0421. The molecule has 2 heterocycles. The molecular formula is C16H12ClN3O4. The van der Waals surface area contributed by atoms with E-state index in [0.717, 1.165) is 0 Å². The number of carboxylic acids is 1. The molecule has 3 aromatic rings. The summed E-state index contributed by atoms with van der Waals surface area (Å²) in [6.45, 7) is 0. The zero-order valence-electron chi connectivity index (χ0n) is 12.3. The van der Waals surface area contributed by atoms with Crippen molar-refractivity contribution in [1.29, 1.82) is 0 Å². The van der Waals surface area contributed by atoms with Gasteiger partial charge in [-0.1, -0.05) is 23.7 Å². The van der Waals surface area contributed by atoms with Crippen LogP contribution in [0.15, 0.2) is 41.5 Å². The van der Waals surface area contributed by atoms with Crippen molar-refractivity contribution in [3.8, 4) is 11.3 Å². The van der Waals surface area contributed by atoms with E-state index >= 15 is 0 Å². The van der Waals surface area contributed by atoms with Crippen LogP contribution >= 0.6 is 11.6 Å². The average Bonchev–Trinajstić information content (AvgIpc) is 3.01. The van der Waals surface area contributed by atoms with Gasteiger partial charge in [0, 0.05) is 23.1 Å². The quantitative estimate of drug-likeness (QED) is 0.745. The van der Waals surface area contributed by atoms with Gasteiger partial charge in [-0.25, -0.2) is 9.50 Å². The van der Waals surface area contributed by atoms with Gasteiger partial charge in [-0.3, -0.25) is 9.59 Å². The van der Waals surface area contributed by atoms with Crippen LogP contribution in [0.5, 0.6) is 0 Å². The zero-order valence-corrected chi connectivity index (χ0v) is 13.1. The van der Waals surface area contributed by atoms with E-state index in [4.69, 9.17) is 16.7 Å². The van der Waals surface area contributed by atoms with Crippen LogP contribution in [-0.2, 0) is 4.79 Å². The fourth-order valence-corrected chi connectivity index (χ4v) is 2.62. The van der Waals surface area contributed by atoms with Crippen LogP contribution in [0.25, 0.3) is 22.7 Å². The Kier molecular flexibility index (Phi) is 4.18. The first-order valence-corrected chi connectivity index (χ1v) is 7.42. The summed E-state index contributed by atoms with van der Waals surface area (Å²) in [7, 11) is 0. The number of aliphatic hydroxyl groups is 1. The maximum Gasteiger partial charge on any atom is 0.303 e. The number of rotatable bonds is 4. The first kappa shape index (κ1) is 15.9. The predicted molar refractivity (Wildman–Crippen MR) is 87.8 cm³/mol. The minimum Gasteiger partial charge on any atom is -0.511 e. The number of aliphatic carboxylic acids is 1. The lowest BCUT2D eigenvalue weighted by Crippen LogP contribution is -2.30. The van der Waals surface area contributed by atoms with Gasteiger partial charge < -0.3 is 10.2 Å². The number of carboxylic acid groups (broad SMARTS) is 1. The molecule has 2 N–H and O–H groups in total. The third-order valence-corrected chi connectivity index (χ3v) is 3.73. The molecule has 0 unspecified atom stereocenters. The van der Waals surface area contributed by atoms with Crippen molar-refractivity contribution in [3.05, 3.63) is 57.1 Å². The number of hydrogen-bond acceptors (Lipinski definition) is 5. The Balaban J connectivity index is 2.26. The highest BCUT2D eigenvalue weighted by Crippen LogP contribution is 2.21. The highest BCUT2D eigenvalue weighted by atomic mass is 35.5. The highest BCUT2D eigenvalue weighted by Gasteiger charge is 2.14. The zero-order chi connectivity index (χ0) is 17.3. The van der Waals surface area contributed by atoms with Crippen molar-refractivity contribution in [1.82, 2.24) is 14.6 Å². The van der Waals surface area contributed by atoms with Gasteiger partial charge in [0.05, 0.1) is 12.1 Å². The summed E-state index contributed by atoms with van der Waals surface area (Å²) in [5.41, 5.74) is 0.852. The molecule has 3 rings (SSSR count). The number of aromatic nitrogens is 3. The second kappa shape index (κ2) is 6.29. The Morgan fingerprint density at radius 2 is 2.00 bits per heavy atom. The number of pyridine rings is 1. The molecule has 122 valence electrons. The Morgan fingerprint density at radius 1 is 1.21 bits per heavy atom. The van der Waals surface area contributed by atoms with E-state index in [0.29, 0.717) is 16.3 Å². The molecule has 0 radical (unpaired) electrons. The SMILES string of the molecule is O=C(O)CCC(O)=c1c(=O)cc(-c2cccc(Cl)c2)n2ncnc12. The molecule has 0 aliphatic rings. The normalized spacial score (nSPS) is 12.4. The third kappa shape index (κ3) is 2.93. The minimum atomic E-state index is -1.07. The number of benzene rings is 1. The lowest BCUT2D eigenvalue weighted by Gasteiger charge is -2.06. The molecule has 24 heavy (non-hydrogen) atoms. The molecule has 0 aliphatic heterocycles. The Labute approximate surface area is 140 Å². The van der Waals surface area contributed by atoms with Crippen LogP contribution in [0.4, 0.5) is 0 Å². The van der Waals surface area contributed by atoms with Gasteiger partial charge in [0.1, 0.15) is 17.3 Å². The Morgan fingerprint density at radius 3 is 2.71 bits per heavy atom. The molecule has 7 nitrogen and oxygen atoms in total. The van der Waals surface area contributed by atoms with Crippen molar-refractivity contribution < 1.29 is 15.0 Å². The van der Waals surface area contributed by atoms with Crippen LogP contribution in [0.1, 0.15) is 12.8 Å². The molecule has 0 spiro atoms. The summed E-state index contributed by atoms with van der Waals surface area (Å²) < 4.78 is 1.42. The largest absolute Gasteiger partial charge is 0.511 e. The number of nitrogens with zero attached hydrogens (tertiary/aromatic N) is 3. The number of hydrogen-bond donors (Lipinski definition) is 2. The van der Waals surface area contributed by atoms with Gasteiger partial charge in [0.25, 0.3) is 0 Å². The topological polar surface area (TPSA) is 105 Å². The van der Waals surface area contributed by atoms with Crippen LogP contribution in [0, 0.1) is 0 Å². The van der Waals surface area contributed by atoms with Crippen molar-refractivity contribution in [3.63, 3.8) is 0 Å². The number of fused-ring (bicyclic) bond motifs is 1. The molecule has 0 aliphatic carbocycles. The predicted octanol–water partition coefficient (Wildman–Crippen LogP) is 1.66. The van der Waals surface area contributed by atoms with Crippen LogP contribution in [0.3, 0.4) is 0 Å². The maximum atomic E-state index is 12.5. The van der Waals surface area contributed by atoms with Crippen molar-refractivity contribution in [2.75, 3.05) is 0 Å². The van der Waals surface area contributed by atoms with E-state index in [1.54, 1.807) is 24.3 Å². The summed E-state index contributed by atoms with van der Waals surface area (Å²) in [6, 6.07) is 8.23. The standard InChI is InChI=1S/C16H12ClN3O4/c17-10-3-1-2-9(6-10)11-7-13(22)15(12(21)4-5-14(23)24)16-18-8-19-20(11)16/h1-3,6-8,21H,4-5H2,(H,23,24). The van der Waals surface area contributed by atoms with Gasteiger partial charge in [-0.05, 0) is 12.1 Å². The monoisotopic (exact) mass is 345 g/mol. The van der Waals surface area contributed by atoms with E-state index in [-0.39, 0.29) is 29.5 Å². The van der Waals surface area contributed by atoms with Gasteiger partial charge in [-0.15, -0.1) is 0 Å². The van der Waals surface area contributed by atoms with Crippen LogP contribution < -0.4 is 10.6 Å². The van der Waals surface area contributed by atoms with Crippen LogP contribution in [-0.4, -0.2) is 30.8 Å². The second-order valence-corrected chi connectivity index (χ2v) is 5.55. The number of halogens is 1. The third-order valence-electron chi connectivity index (χ3n) is 3.50. The fourth-order valence-electron chi connectivity index (χ4n) is 2.43. The maximum absolute atomic E-state index is 12.5. The van der Waals surface area contributed by atoms with E-state index in [1.165, 1.54) is 16.9 Å². The van der Waals surface area contributed by atoms with Gasteiger partial charge in [0.2, 0.25) is 0 Å². The summed E-state index contributed by atoms with van der Waals surface area (Å²) in [4.78, 5) is 27.1. The number of carbonyl (C=O) groups is 1. The van der Waals surface area contributed by atoms with E-state index in [9.17, 15) is 14.7 Å². The van der Waals surface area contributed by atoms with E-state index < -0.39 is 11.4 Å². The molecule has 0 saturated carbocycles. The molecular weight excluding hydrogens is 334 g/mol. The van der Waals surface area contributed by atoms with E-state index in [2.05, 4.69) is 10.1 Å². The summed E-state index contributed by atoms with van der Waals surface area (Å²) >= 11 is 5.99. The van der Waals surface area contributed by atoms with Gasteiger partial charge in [0.15, 0.2) is 11.1 Å². The summed E-state index contributed by atoms with van der Waals surface area (Å²) in [6.07, 6.45) is 0.808. The fraction of sp³-hybridized carbons (Fsp3) is 0.125. The molecule has 0 saturated heterocycles. The lowest BCUT2D eigenvalue weighted by molar-refractivity contribution is -0.136. The molecule has 1 aromatic carbocycles. The smallest absolute Gasteiger partial charge is 0.303 e. The van der Waals surface area contributed by atoms with Gasteiger partial charge >= 0.3 is 5.97 Å². The summed E-state index contributed by atoms with van der Waals surface area (Å²) in [5, 5.41) is 23.4. The average molecular weight is 346 g/mol. The van der Waals surface area contributed by atoms with Crippen molar-refractivity contribution in [2.45, 2.75) is 12.8 Å². The van der Waals surface area contributed by atoms with Gasteiger partial charge in [-0.2, -0.15) is 5.10 Å². The first-order chi connectivity index (χ1) is 11.5.